The van der Waals surface area contributed by atoms with E-state index in [1.807, 2.05) is 6.92 Å². The van der Waals surface area contributed by atoms with Gasteiger partial charge in [0.05, 0.1) is 0 Å². The highest BCUT2D eigenvalue weighted by atomic mass is 16.6. The number of nitrogens with zero attached hydrogens (tertiary/aromatic N) is 1. The van der Waals surface area contributed by atoms with E-state index in [2.05, 4.69) is 10.3 Å². The predicted molar refractivity (Wildman–Crippen MR) is 74.4 cm³/mol. The average molecular weight is 286 g/mol. The maximum absolute atomic E-state index is 12.0. The minimum absolute atomic E-state index is 0.0517. The summed E-state index contributed by atoms with van der Waals surface area (Å²) < 4.78 is 10.5. The van der Waals surface area contributed by atoms with Gasteiger partial charge in [-0.15, -0.1) is 0 Å². The van der Waals surface area contributed by atoms with Crippen molar-refractivity contribution in [3.05, 3.63) is 42.1 Å². The summed E-state index contributed by atoms with van der Waals surface area (Å²) in [6, 6.07) is 3.28. The topological polar surface area (TPSA) is 81.4 Å². The van der Waals surface area contributed by atoms with Crippen LogP contribution in [-0.4, -0.2) is 16.9 Å². The number of nitrogens with one attached hydrogen (secondary N) is 1. The van der Waals surface area contributed by atoms with Gasteiger partial charge in [0.25, 0.3) is 0 Å². The summed E-state index contributed by atoms with van der Waals surface area (Å²) in [5, 5.41) is 2.56. The summed E-state index contributed by atoms with van der Waals surface area (Å²) in [6.07, 6.45) is 4.87. The highest BCUT2D eigenvalue weighted by Gasteiger charge is 2.30. The Morgan fingerprint density at radius 2 is 2.14 bits per heavy atom. The van der Waals surface area contributed by atoms with Crippen LogP contribution in [0.3, 0.4) is 0 Å². The number of rotatable bonds is 2. The molecule has 0 aliphatic heterocycles. The molecule has 6 heteroatoms. The zero-order valence-electron chi connectivity index (χ0n) is 11.5. The SMILES string of the molecule is CC1CC(=O)c2c(OC(=O)Nc3ccncc3)coc2C1. The molecule has 1 unspecified atom stereocenters. The molecule has 1 aliphatic rings. The first-order chi connectivity index (χ1) is 10.1. The molecule has 0 saturated carbocycles. The number of hydrogen-bond donors (Lipinski definition) is 1. The minimum Gasteiger partial charge on any atom is -0.465 e. The molecule has 0 radical (unpaired) electrons. The number of Topliss-reactive ketones (excluding diaryl/α,β-unsaturated/α-hetero) is 1. The number of hydrogen-bond acceptors (Lipinski definition) is 5. The van der Waals surface area contributed by atoms with Gasteiger partial charge in [-0.3, -0.25) is 15.1 Å². The van der Waals surface area contributed by atoms with Crippen LogP contribution in [0.25, 0.3) is 0 Å². The van der Waals surface area contributed by atoms with E-state index in [0.717, 1.165) is 0 Å². The summed E-state index contributed by atoms with van der Waals surface area (Å²) in [5.41, 5.74) is 0.949. The quantitative estimate of drug-likeness (QED) is 0.917. The number of fused-ring (bicyclic) bond motifs is 1. The Labute approximate surface area is 121 Å². The molecule has 2 heterocycles. The van der Waals surface area contributed by atoms with E-state index in [0.29, 0.717) is 29.9 Å². The van der Waals surface area contributed by atoms with Crippen LogP contribution in [0.2, 0.25) is 0 Å². The molecule has 1 amide bonds. The first-order valence-electron chi connectivity index (χ1n) is 6.66. The lowest BCUT2D eigenvalue weighted by molar-refractivity contribution is 0.0947. The number of anilines is 1. The van der Waals surface area contributed by atoms with Crippen LogP contribution in [0, 0.1) is 5.92 Å². The number of carbonyl (C=O) groups is 2. The van der Waals surface area contributed by atoms with Crippen molar-refractivity contribution in [2.75, 3.05) is 5.32 Å². The van der Waals surface area contributed by atoms with Gasteiger partial charge in [-0.2, -0.15) is 0 Å². The van der Waals surface area contributed by atoms with Crippen LogP contribution < -0.4 is 10.1 Å². The Balaban J connectivity index is 1.74. The molecular weight excluding hydrogens is 272 g/mol. The molecule has 2 aromatic heterocycles. The van der Waals surface area contributed by atoms with E-state index in [4.69, 9.17) is 9.15 Å². The van der Waals surface area contributed by atoms with E-state index >= 15 is 0 Å². The van der Waals surface area contributed by atoms with Gasteiger partial charge >= 0.3 is 6.09 Å². The van der Waals surface area contributed by atoms with E-state index < -0.39 is 6.09 Å². The van der Waals surface area contributed by atoms with Crippen LogP contribution >= 0.6 is 0 Å². The summed E-state index contributed by atoms with van der Waals surface area (Å²) in [7, 11) is 0. The zero-order chi connectivity index (χ0) is 14.8. The van der Waals surface area contributed by atoms with E-state index in [-0.39, 0.29) is 17.5 Å². The maximum Gasteiger partial charge on any atom is 0.417 e. The van der Waals surface area contributed by atoms with Gasteiger partial charge in [-0.25, -0.2) is 4.79 Å². The van der Waals surface area contributed by atoms with Gasteiger partial charge < -0.3 is 9.15 Å². The lowest BCUT2D eigenvalue weighted by Gasteiger charge is -2.16. The highest BCUT2D eigenvalue weighted by Crippen LogP contribution is 2.34. The van der Waals surface area contributed by atoms with Gasteiger partial charge in [-0.05, 0) is 18.1 Å². The largest absolute Gasteiger partial charge is 0.465 e. The van der Waals surface area contributed by atoms with Crippen LogP contribution in [0.15, 0.2) is 35.2 Å². The Bertz CT molecular complexity index is 678. The monoisotopic (exact) mass is 286 g/mol. The minimum atomic E-state index is -0.670. The number of pyridine rings is 1. The second-order valence-electron chi connectivity index (χ2n) is 5.09. The van der Waals surface area contributed by atoms with Crippen LogP contribution in [0.1, 0.15) is 29.5 Å². The van der Waals surface area contributed by atoms with Crippen molar-refractivity contribution in [3.63, 3.8) is 0 Å². The second kappa shape index (κ2) is 5.40. The molecule has 2 aromatic rings. The van der Waals surface area contributed by atoms with E-state index in [1.165, 1.54) is 6.26 Å². The fraction of sp³-hybridized carbons (Fsp3) is 0.267. The van der Waals surface area contributed by atoms with Crippen molar-refractivity contribution in [2.45, 2.75) is 19.8 Å². The van der Waals surface area contributed by atoms with Crippen LogP contribution in [0.4, 0.5) is 10.5 Å². The van der Waals surface area contributed by atoms with Crippen molar-refractivity contribution in [2.24, 2.45) is 5.92 Å². The first-order valence-corrected chi connectivity index (χ1v) is 6.66. The molecule has 3 rings (SSSR count). The van der Waals surface area contributed by atoms with Gasteiger partial charge in [0, 0.05) is 30.9 Å². The molecule has 1 aliphatic carbocycles. The number of ether oxygens (including phenoxy) is 1. The van der Waals surface area contributed by atoms with Gasteiger partial charge in [0.1, 0.15) is 17.6 Å². The van der Waals surface area contributed by atoms with Crippen molar-refractivity contribution in [1.82, 2.24) is 4.98 Å². The zero-order valence-corrected chi connectivity index (χ0v) is 11.5. The third-order valence-corrected chi connectivity index (χ3v) is 3.31. The Kier molecular flexibility index (Phi) is 3.43. The Morgan fingerprint density at radius 1 is 1.38 bits per heavy atom. The fourth-order valence-electron chi connectivity index (χ4n) is 2.38. The van der Waals surface area contributed by atoms with Crippen LogP contribution in [-0.2, 0) is 6.42 Å². The van der Waals surface area contributed by atoms with Crippen LogP contribution in [0.5, 0.6) is 5.75 Å². The third kappa shape index (κ3) is 2.79. The summed E-state index contributed by atoms with van der Waals surface area (Å²) in [4.78, 5) is 27.7. The molecule has 1 atom stereocenters. The summed E-state index contributed by atoms with van der Waals surface area (Å²) >= 11 is 0. The molecule has 0 aromatic carbocycles. The number of aromatic nitrogens is 1. The summed E-state index contributed by atoms with van der Waals surface area (Å²) in [6.45, 7) is 1.99. The van der Waals surface area contributed by atoms with E-state index in [1.54, 1.807) is 24.5 Å². The van der Waals surface area contributed by atoms with Gasteiger partial charge in [-0.1, -0.05) is 6.92 Å². The smallest absolute Gasteiger partial charge is 0.417 e. The lowest BCUT2D eigenvalue weighted by Crippen LogP contribution is -2.20. The molecule has 0 bridgehead atoms. The van der Waals surface area contributed by atoms with Crippen molar-refractivity contribution >= 4 is 17.6 Å². The van der Waals surface area contributed by atoms with Crippen molar-refractivity contribution < 1.29 is 18.7 Å². The predicted octanol–water partition coefficient (Wildman–Crippen LogP) is 3.05. The Morgan fingerprint density at radius 3 is 2.90 bits per heavy atom. The maximum atomic E-state index is 12.0. The Hall–Kier alpha value is -2.63. The molecule has 0 saturated heterocycles. The standard InChI is InChI=1S/C15H14N2O4/c1-9-6-11(18)14-12(7-9)20-8-13(14)21-15(19)17-10-2-4-16-5-3-10/h2-5,8-9H,6-7H2,1H3,(H,16,17,19). The number of amides is 1. The lowest BCUT2D eigenvalue weighted by atomic mass is 9.88. The average Bonchev–Trinajstić information content (AvgIpc) is 2.82. The molecule has 6 nitrogen and oxygen atoms in total. The normalized spacial score (nSPS) is 17.2. The highest BCUT2D eigenvalue weighted by molar-refractivity contribution is 6.01. The van der Waals surface area contributed by atoms with Crippen molar-refractivity contribution in [3.8, 4) is 5.75 Å². The second-order valence-corrected chi connectivity index (χ2v) is 5.09. The summed E-state index contributed by atoms with van der Waals surface area (Å²) in [5.74, 6) is 0.956. The molecule has 108 valence electrons. The number of furan rings is 1. The van der Waals surface area contributed by atoms with Gasteiger partial charge in [0.2, 0.25) is 0 Å². The molecule has 0 spiro atoms. The van der Waals surface area contributed by atoms with Gasteiger partial charge in [0.15, 0.2) is 11.5 Å². The fourth-order valence-corrected chi connectivity index (χ4v) is 2.38. The molecular formula is C15H14N2O4. The number of carbonyl (C=O) groups excluding carboxylic acids is 2. The molecule has 1 N–H and O–H groups in total. The van der Waals surface area contributed by atoms with E-state index in [9.17, 15) is 9.59 Å². The third-order valence-electron chi connectivity index (χ3n) is 3.31. The molecule has 0 fully saturated rings. The molecule has 21 heavy (non-hydrogen) atoms. The number of ketones is 1. The van der Waals surface area contributed by atoms with Crippen molar-refractivity contribution in [1.29, 1.82) is 0 Å². The first kappa shape index (κ1) is 13.4.